The van der Waals surface area contributed by atoms with Gasteiger partial charge in [-0.15, -0.1) is 0 Å². The van der Waals surface area contributed by atoms with Gasteiger partial charge in [0.1, 0.15) is 23.3 Å². The van der Waals surface area contributed by atoms with E-state index in [1.807, 2.05) is 22.6 Å². The summed E-state index contributed by atoms with van der Waals surface area (Å²) in [5, 5.41) is 4.18. The lowest BCUT2D eigenvalue weighted by Crippen LogP contribution is -2.20. The first-order valence-electron chi connectivity index (χ1n) is 8.13. The SMILES string of the molecule is Cc1nn(C)c(C2(c3c(F)cc(F)cc3I)CO2)c1-c1c(F)cc(F)cc1Cl. The standard InChI is InChI=1S/C19H12ClF4IN2O/c1-8-15(16-11(20)3-9(21)4-12(16)23)18(27(2)26-8)19(7-28-19)17-13(24)5-10(22)6-14(17)25/h3-6H,7H2,1-2H3. The van der Waals surface area contributed by atoms with Crippen molar-refractivity contribution in [3.8, 4) is 11.1 Å². The van der Waals surface area contributed by atoms with Gasteiger partial charge in [-0.1, -0.05) is 11.6 Å². The van der Waals surface area contributed by atoms with Crippen LogP contribution in [0.2, 0.25) is 5.02 Å². The van der Waals surface area contributed by atoms with Gasteiger partial charge in [0.05, 0.1) is 23.0 Å². The Bertz CT molecular complexity index is 1080. The molecule has 2 aromatic carbocycles. The maximum Gasteiger partial charge on any atom is 0.162 e. The van der Waals surface area contributed by atoms with Gasteiger partial charge in [0.15, 0.2) is 5.60 Å². The average molecular weight is 523 g/mol. The molecule has 0 aliphatic carbocycles. The Morgan fingerprint density at radius 1 is 1.07 bits per heavy atom. The summed E-state index contributed by atoms with van der Waals surface area (Å²) in [7, 11) is 1.61. The number of nitrogens with zero attached hydrogens (tertiary/aromatic N) is 2. The summed E-state index contributed by atoms with van der Waals surface area (Å²) < 4.78 is 63.9. The lowest BCUT2D eigenvalue weighted by molar-refractivity contribution is 0.327. The van der Waals surface area contributed by atoms with Crippen LogP contribution in [0.15, 0.2) is 24.3 Å². The van der Waals surface area contributed by atoms with Gasteiger partial charge in [-0.25, -0.2) is 17.6 Å². The molecule has 1 aromatic heterocycles. The number of rotatable bonds is 3. The van der Waals surface area contributed by atoms with Crippen LogP contribution in [-0.2, 0) is 17.4 Å². The Balaban J connectivity index is 2.02. The van der Waals surface area contributed by atoms with Crippen LogP contribution in [0.1, 0.15) is 17.0 Å². The van der Waals surface area contributed by atoms with E-state index in [2.05, 4.69) is 5.10 Å². The van der Waals surface area contributed by atoms with Gasteiger partial charge in [-0.2, -0.15) is 5.10 Å². The van der Waals surface area contributed by atoms with Crippen LogP contribution in [0.3, 0.4) is 0 Å². The van der Waals surface area contributed by atoms with E-state index in [1.165, 1.54) is 10.7 Å². The zero-order chi connectivity index (χ0) is 20.4. The molecule has 0 amide bonds. The summed E-state index contributed by atoms with van der Waals surface area (Å²) in [6, 6.07) is 3.69. The third-order valence-corrected chi connectivity index (χ3v) is 5.85. The van der Waals surface area contributed by atoms with Crippen LogP contribution in [0.4, 0.5) is 17.6 Å². The van der Waals surface area contributed by atoms with E-state index in [4.69, 9.17) is 16.3 Å². The van der Waals surface area contributed by atoms with E-state index in [0.717, 1.165) is 18.2 Å². The monoisotopic (exact) mass is 522 g/mol. The fourth-order valence-corrected chi connectivity index (χ4v) is 4.88. The predicted molar refractivity (Wildman–Crippen MR) is 104 cm³/mol. The highest BCUT2D eigenvalue weighted by Crippen LogP contribution is 2.52. The highest BCUT2D eigenvalue weighted by atomic mass is 127. The molecule has 1 saturated heterocycles. The zero-order valence-electron chi connectivity index (χ0n) is 14.6. The Hall–Kier alpha value is -1.65. The van der Waals surface area contributed by atoms with Gasteiger partial charge >= 0.3 is 0 Å². The largest absolute Gasteiger partial charge is 0.357 e. The number of benzene rings is 2. The van der Waals surface area contributed by atoms with Crippen LogP contribution in [-0.4, -0.2) is 16.4 Å². The third-order valence-electron chi connectivity index (χ3n) is 4.71. The molecule has 2 heterocycles. The minimum Gasteiger partial charge on any atom is -0.357 e. The fraction of sp³-hybridized carbons (Fsp3) is 0.211. The molecule has 1 fully saturated rings. The van der Waals surface area contributed by atoms with Gasteiger partial charge in [-0.05, 0) is 41.6 Å². The van der Waals surface area contributed by atoms with Gasteiger partial charge < -0.3 is 4.74 Å². The lowest BCUT2D eigenvalue weighted by Gasteiger charge is -2.19. The number of epoxide rings is 1. The summed E-state index contributed by atoms with van der Waals surface area (Å²) in [6.45, 7) is 1.73. The molecule has 0 spiro atoms. The van der Waals surface area contributed by atoms with Crippen molar-refractivity contribution in [1.82, 2.24) is 9.78 Å². The van der Waals surface area contributed by atoms with E-state index >= 15 is 0 Å². The van der Waals surface area contributed by atoms with E-state index in [-0.39, 0.29) is 22.8 Å². The van der Waals surface area contributed by atoms with Gasteiger partial charge in [-0.3, -0.25) is 4.68 Å². The fourth-order valence-electron chi connectivity index (χ4n) is 3.60. The minimum atomic E-state index is -1.27. The third kappa shape index (κ3) is 2.93. The number of halogens is 6. The van der Waals surface area contributed by atoms with Crippen molar-refractivity contribution in [2.75, 3.05) is 6.61 Å². The van der Waals surface area contributed by atoms with Gasteiger partial charge in [0.25, 0.3) is 0 Å². The predicted octanol–water partition coefficient (Wildman–Crippen LogP) is 5.48. The zero-order valence-corrected chi connectivity index (χ0v) is 17.5. The molecule has 3 nitrogen and oxygen atoms in total. The maximum absolute atomic E-state index is 14.7. The molecule has 28 heavy (non-hydrogen) atoms. The van der Waals surface area contributed by atoms with Crippen molar-refractivity contribution in [3.63, 3.8) is 0 Å². The molecule has 1 aliphatic heterocycles. The molecule has 9 heteroatoms. The minimum absolute atomic E-state index is 0.0453. The molecule has 0 saturated carbocycles. The smallest absolute Gasteiger partial charge is 0.162 e. The lowest BCUT2D eigenvalue weighted by atomic mass is 9.89. The number of hydrogen-bond acceptors (Lipinski definition) is 2. The van der Waals surface area contributed by atoms with Crippen molar-refractivity contribution in [2.24, 2.45) is 7.05 Å². The number of hydrogen-bond donors (Lipinski definition) is 0. The van der Waals surface area contributed by atoms with Crippen LogP contribution in [0.25, 0.3) is 11.1 Å². The highest BCUT2D eigenvalue weighted by Gasteiger charge is 2.55. The molecule has 4 rings (SSSR count). The first kappa shape index (κ1) is 19.7. The average Bonchev–Trinajstić information content (AvgIpc) is 3.26. The quantitative estimate of drug-likeness (QED) is 0.259. The highest BCUT2D eigenvalue weighted by molar-refractivity contribution is 14.1. The first-order valence-corrected chi connectivity index (χ1v) is 9.59. The molecule has 3 aromatic rings. The van der Waals surface area contributed by atoms with Gasteiger partial charge in [0, 0.05) is 39.4 Å². The Morgan fingerprint density at radius 2 is 1.68 bits per heavy atom. The van der Waals surface area contributed by atoms with Crippen molar-refractivity contribution in [1.29, 1.82) is 0 Å². The summed E-state index contributed by atoms with van der Waals surface area (Å²) in [6.07, 6.45) is 0. The second-order valence-electron chi connectivity index (χ2n) is 6.54. The molecule has 0 radical (unpaired) electrons. The van der Waals surface area contributed by atoms with Crippen molar-refractivity contribution < 1.29 is 22.3 Å². The normalized spacial score (nSPS) is 18.6. The molecular weight excluding hydrogens is 511 g/mol. The first-order chi connectivity index (χ1) is 13.2. The number of ether oxygens (including phenoxy) is 1. The van der Waals surface area contributed by atoms with E-state index in [0.29, 0.717) is 20.5 Å². The van der Waals surface area contributed by atoms with Crippen LogP contribution in [0.5, 0.6) is 0 Å². The van der Waals surface area contributed by atoms with Crippen LogP contribution < -0.4 is 0 Å². The molecule has 0 bridgehead atoms. The molecule has 0 N–H and O–H groups in total. The van der Waals surface area contributed by atoms with Crippen molar-refractivity contribution in [3.05, 3.63) is 73.1 Å². The summed E-state index contributed by atoms with van der Waals surface area (Å²) in [5.74, 6) is -3.17. The Morgan fingerprint density at radius 3 is 2.25 bits per heavy atom. The summed E-state index contributed by atoms with van der Waals surface area (Å²) in [4.78, 5) is 0. The van der Waals surface area contributed by atoms with Crippen LogP contribution >= 0.6 is 34.2 Å². The summed E-state index contributed by atoms with van der Waals surface area (Å²) >= 11 is 7.97. The van der Waals surface area contributed by atoms with E-state index in [9.17, 15) is 17.6 Å². The van der Waals surface area contributed by atoms with E-state index in [1.54, 1.807) is 14.0 Å². The second kappa shape index (κ2) is 6.70. The summed E-state index contributed by atoms with van der Waals surface area (Å²) in [5.41, 5.74) is -0.113. The molecule has 1 atom stereocenters. The van der Waals surface area contributed by atoms with Crippen LogP contribution in [0, 0.1) is 33.8 Å². The maximum atomic E-state index is 14.7. The van der Waals surface area contributed by atoms with E-state index < -0.39 is 28.9 Å². The Kier molecular flexibility index (Phi) is 4.71. The molecule has 146 valence electrons. The second-order valence-corrected chi connectivity index (χ2v) is 8.11. The number of aryl methyl sites for hydroxylation is 2. The topological polar surface area (TPSA) is 30.4 Å². The Labute approximate surface area is 176 Å². The molecule has 1 unspecified atom stereocenters. The number of aromatic nitrogens is 2. The van der Waals surface area contributed by atoms with Crippen molar-refractivity contribution in [2.45, 2.75) is 12.5 Å². The van der Waals surface area contributed by atoms with Crippen molar-refractivity contribution >= 4 is 34.2 Å². The molecular formula is C19H12ClF4IN2O. The van der Waals surface area contributed by atoms with Gasteiger partial charge in [0.2, 0.25) is 0 Å². The molecule has 1 aliphatic rings.